The fourth-order valence-electron chi connectivity index (χ4n) is 3.33. The van der Waals surface area contributed by atoms with Gasteiger partial charge >= 0.3 is 0 Å². The van der Waals surface area contributed by atoms with Crippen molar-refractivity contribution in [2.75, 3.05) is 72.7 Å². The Kier molecular flexibility index (Phi) is 10.8. The van der Waals surface area contributed by atoms with Gasteiger partial charge in [0.2, 0.25) is 0 Å². The summed E-state index contributed by atoms with van der Waals surface area (Å²) in [4.78, 5) is 9.79. The minimum absolute atomic E-state index is 0.542. The molecule has 1 heterocycles. The van der Waals surface area contributed by atoms with Crippen LogP contribution < -0.4 is 15.4 Å². The molecule has 2 N–H and O–H groups in total. The first-order valence-electron chi connectivity index (χ1n) is 10.8. The van der Waals surface area contributed by atoms with Gasteiger partial charge in [0.1, 0.15) is 12.4 Å². The van der Waals surface area contributed by atoms with Gasteiger partial charge in [-0.25, -0.2) is 4.99 Å². The number of ether oxygens (including phenoxy) is 2. The summed E-state index contributed by atoms with van der Waals surface area (Å²) in [6, 6.07) is 6.26. The highest BCUT2D eigenvalue weighted by Gasteiger charge is 2.14. The number of piperazine rings is 1. The molecule has 2 rings (SSSR count). The summed E-state index contributed by atoms with van der Waals surface area (Å²) in [7, 11) is 1.68. The second-order valence-electron chi connectivity index (χ2n) is 7.35. The molecule has 1 aromatic rings. The number of hydrogen-bond donors (Lipinski definition) is 2. The van der Waals surface area contributed by atoms with E-state index in [1.807, 2.05) is 0 Å². The molecule has 1 aliphatic heterocycles. The van der Waals surface area contributed by atoms with E-state index in [2.05, 4.69) is 59.4 Å². The molecule has 0 saturated carbocycles. The summed E-state index contributed by atoms with van der Waals surface area (Å²) in [5.41, 5.74) is 2.26. The Balaban J connectivity index is 1.86. The molecule has 1 aliphatic rings. The largest absolute Gasteiger partial charge is 0.491 e. The van der Waals surface area contributed by atoms with Gasteiger partial charge in [-0.3, -0.25) is 4.90 Å². The lowest BCUT2D eigenvalue weighted by Crippen LogP contribution is -2.49. The summed E-state index contributed by atoms with van der Waals surface area (Å²) in [5, 5.41) is 6.81. The molecule has 29 heavy (non-hydrogen) atoms. The van der Waals surface area contributed by atoms with E-state index in [1.54, 1.807) is 7.11 Å². The molecule has 0 spiro atoms. The number of likely N-dealkylation sites (N-methyl/N-ethyl adjacent to an activating group) is 1. The molecule has 0 aromatic heterocycles. The Labute approximate surface area is 176 Å². The molecule has 1 fully saturated rings. The molecule has 0 atom stereocenters. The predicted molar refractivity (Wildman–Crippen MR) is 120 cm³/mol. The Bertz CT molecular complexity index is 615. The topological polar surface area (TPSA) is 61.4 Å². The van der Waals surface area contributed by atoms with E-state index < -0.39 is 0 Å². The van der Waals surface area contributed by atoms with Crippen molar-refractivity contribution in [2.24, 2.45) is 4.99 Å². The van der Waals surface area contributed by atoms with E-state index >= 15 is 0 Å². The maximum Gasteiger partial charge on any atom is 0.191 e. The van der Waals surface area contributed by atoms with E-state index in [0.717, 1.165) is 56.5 Å². The minimum atomic E-state index is 0.542. The fourth-order valence-corrected chi connectivity index (χ4v) is 3.33. The molecule has 1 saturated heterocycles. The highest BCUT2D eigenvalue weighted by Crippen LogP contribution is 2.21. The van der Waals surface area contributed by atoms with Crippen molar-refractivity contribution in [3.8, 4) is 5.75 Å². The summed E-state index contributed by atoms with van der Waals surface area (Å²) < 4.78 is 11.0. The smallest absolute Gasteiger partial charge is 0.191 e. The van der Waals surface area contributed by atoms with E-state index in [-0.39, 0.29) is 0 Å². The Morgan fingerprint density at radius 2 is 1.83 bits per heavy atom. The van der Waals surface area contributed by atoms with Crippen molar-refractivity contribution in [1.29, 1.82) is 0 Å². The van der Waals surface area contributed by atoms with Crippen LogP contribution in [0.1, 0.15) is 25.0 Å². The molecule has 0 bridgehead atoms. The van der Waals surface area contributed by atoms with Crippen LogP contribution in [0.3, 0.4) is 0 Å². The van der Waals surface area contributed by atoms with Crippen molar-refractivity contribution in [2.45, 2.75) is 27.3 Å². The number of rotatable bonds is 11. The number of nitrogens with zero attached hydrogens (tertiary/aromatic N) is 3. The first kappa shape index (κ1) is 23.4. The monoisotopic (exact) mass is 405 g/mol. The van der Waals surface area contributed by atoms with E-state index in [0.29, 0.717) is 19.8 Å². The second kappa shape index (κ2) is 13.4. The zero-order valence-electron chi connectivity index (χ0n) is 18.7. The summed E-state index contributed by atoms with van der Waals surface area (Å²) in [5.74, 6) is 1.73. The number of aliphatic imine (C=N–C) groups is 1. The fraction of sp³-hybridized carbons (Fsp3) is 0.682. The highest BCUT2D eigenvalue weighted by molar-refractivity contribution is 5.79. The molecule has 164 valence electrons. The van der Waals surface area contributed by atoms with Crippen molar-refractivity contribution < 1.29 is 9.47 Å². The van der Waals surface area contributed by atoms with Gasteiger partial charge in [-0.1, -0.05) is 19.1 Å². The molecule has 0 amide bonds. The first-order chi connectivity index (χ1) is 14.2. The van der Waals surface area contributed by atoms with Crippen LogP contribution in [-0.4, -0.2) is 88.4 Å². The predicted octanol–water partition coefficient (Wildman–Crippen LogP) is 1.71. The quantitative estimate of drug-likeness (QED) is 0.332. The highest BCUT2D eigenvalue weighted by atomic mass is 16.5. The van der Waals surface area contributed by atoms with Crippen LogP contribution in [0, 0.1) is 6.92 Å². The summed E-state index contributed by atoms with van der Waals surface area (Å²) in [6.45, 7) is 16.7. The van der Waals surface area contributed by atoms with Crippen LogP contribution in [0.4, 0.5) is 0 Å². The SMILES string of the molecule is CCNC(=NCc1ccc(C)cc1OCCOC)NCCN1CCN(CC)CC1. The number of hydrogen-bond acceptors (Lipinski definition) is 5. The number of guanidine groups is 1. The van der Waals surface area contributed by atoms with Gasteiger partial charge in [0, 0.05) is 58.5 Å². The van der Waals surface area contributed by atoms with Crippen molar-refractivity contribution in [3.63, 3.8) is 0 Å². The van der Waals surface area contributed by atoms with E-state index in [4.69, 9.17) is 14.5 Å². The summed E-state index contributed by atoms with van der Waals surface area (Å²) >= 11 is 0. The van der Waals surface area contributed by atoms with Gasteiger partial charge in [0.25, 0.3) is 0 Å². The van der Waals surface area contributed by atoms with E-state index in [9.17, 15) is 0 Å². The molecule has 0 unspecified atom stereocenters. The lowest BCUT2D eigenvalue weighted by atomic mass is 10.1. The summed E-state index contributed by atoms with van der Waals surface area (Å²) in [6.07, 6.45) is 0. The maximum absolute atomic E-state index is 5.88. The van der Waals surface area contributed by atoms with Crippen LogP contribution in [0.25, 0.3) is 0 Å². The second-order valence-corrected chi connectivity index (χ2v) is 7.35. The third-order valence-electron chi connectivity index (χ3n) is 5.15. The van der Waals surface area contributed by atoms with Crippen molar-refractivity contribution in [1.82, 2.24) is 20.4 Å². The molecule has 1 aromatic carbocycles. The third kappa shape index (κ3) is 8.60. The lowest BCUT2D eigenvalue weighted by molar-refractivity contribution is 0.139. The zero-order chi connectivity index (χ0) is 20.9. The van der Waals surface area contributed by atoms with Gasteiger partial charge in [-0.2, -0.15) is 0 Å². The standard InChI is InChI=1S/C22H39N5O2/c1-5-23-22(24-9-10-27-13-11-26(6-2)12-14-27)25-18-20-8-7-19(3)17-21(20)29-16-15-28-4/h7-8,17H,5-6,9-16,18H2,1-4H3,(H2,23,24,25). The van der Waals surface area contributed by atoms with Gasteiger partial charge in [0.15, 0.2) is 5.96 Å². The maximum atomic E-state index is 5.88. The van der Waals surface area contributed by atoms with Gasteiger partial charge in [-0.15, -0.1) is 0 Å². The third-order valence-corrected chi connectivity index (χ3v) is 5.15. The lowest BCUT2D eigenvalue weighted by Gasteiger charge is -2.34. The minimum Gasteiger partial charge on any atom is -0.491 e. The van der Waals surface area contributed by atoms with Crippen LogP contribution in [-0.2, 0) is 11.3 Å². The van der Waals surface area contributed by atoms with Crippen LogP contribution in [0.2, 0.25) is 0 Å². The molecule has 7 nitrogen and oxygen atoms in total. The first-order valence-corrected chi connectivity index (χ1v) is 10.8. The van der Waals surface area contributed by atoms with Crippen molar-refractivity contribution in [3.05, 3.63) is 29.3 Å². The average Bonchev–Trinajstić information content (AvgIpc) is 2.73. The van der Waals surface area contributed by atoms with Gasteiger partial charge < -0.3 is 25.0 Å². The van der Waals surface area contributed by atoms with Crippen LogP contribution in [0.5, 0.6) is 5.75 Å². The van der Waals surface area contributed by atoms with Gasteiger partial charge in [-0.05, 0) is 32.0 Å². The number of methoxy groups -OCH3 is 1. The molecule has 0 radical (unpaired) electrons. The molecule has 0 aliphatic carbocycles. The number of benzene rings is 1. The van der Waals surface area contributed by atoms with Crippen molar-refractivity contribution >= 4 is 5.96 Å². The van der Waals surface area contributed by atoms with E-state index in [1.165, 1.54) is 18.7 Å². The zero-order valence-corrected chi connectivity index (χ0v) is 18.7. The Morgan fingerprint density at radius 1 is 1.07 bits per heavy atom. The van der Waals surface area contributed by atoms with Crippen LogP contribution >= 0.6 is 0 Å². The Morgan fingerprint density at radius 3 is 2.52 bits per heavy atom. The average molecular weight is 406 g/mol. The Hall–Kier alpha value is -1.83. The van der Waals surface area contributed by atoms with Gasteiger partial charge in [0.05, 0.1) is 13.2 Å². The molecular weight excluding hydrogens is 366 g/mol. The van der Waals surface area contributed by atoms with Crippen LogP contribution in [0.15, 0.2) is 23.2 Å². The molecule has 7 heteroatoms. The number of nitrogens with one attached hydrogen (secondary N) is 2. The molecular formula is C22H39N5O2. The normalized spacial score (nSPS) is 16.1. The number of aryl methyl sites for hydroxylation is 1.